The zero-order valence-corrected chi connectivity index (χ0v) is 15.2. The largest absolute Gasteiger partial charge is 0.301 e. The minimum atomic E-state index is -0.212. The highest BCUT2D eigenvalue weighted by Gasteiger charge is 2.14. The fourth-order valence-electron chi connectivity index (χ4n) is 2.11. The molecule has 0 atom stereocenters. The summed E-state index contributed by atoms with van der Waals surface area (Å²) in [7, 11) is 7.10. The van der Waals surface area contributed by atoms with Gasteiger partial charge in [0.25, 0.3) is 0 Å². The average Bonchev–Trinajstić information content (AvgIpc) is 2.48. The standard InChI is InChI=1S/C16H30N4O4/c1-17(2)11-15(23)19(13-21)9-7-5-6-8-10-20(14-22)16(24)12-18(3)4/h13-14H,5-12H2,1-4H3. The second-order valence-electron chi connectivity index (χ2n) is 6.27. The first-order chi connectivity index (χ1) is 11.3. The third kappa shape index (κ3) is 10.1. The number of carbonyl (C=O) groups is 4. The molecule has 0 aliphatic carbocycles. The number of nitrogens with zero attached hydrogens (tertiary/aromatic N) is 4. The summed E-state index contributed by atoms with van der Waals surface area (Å²) in [5, 5.41) is 0. The van der Waals surface area contributed by atoms with Gasteiger partial charge in [-0.1, -0.05) is 12.8 Å². The maximum absolute atomic E-state index is 11.8. The van der Waals surface area contributed by atoms with Crippen molar-refractivity contribution in [2.24, 2.45) is 0 Å². The number of hydrogen-bond donors (Lipinski definition) is 0. The van der Waals surface area contributed by atoms with Gasteiger partial charge >= 0.3 is 0 Å². The number of carbonyl (C=O) groups excluding carboxylic acids is 4. The summed E-state index contributed by atoms with van der Waals surface area (Å²) in [6, 6.07) is 0. The minimum Gasteiger partial charge on any atom is -0.301 e. The summed E-state index contributed by atoms with van der Waals surface area (Å²) in [5.41, 5.74) is 0. The number of hydrogen-bond acceptors (Lipinski definition) is 6. The van der Waals surface area contributed by atoms with Crippen LogP contribution in [0.4, 0.5) is 0 Å². The van der Waals surface area contributed by atoms with Crippen LogP contribution in [0.3, 0.4) is 0 Å². The molecule has 0 fully saturated rings. The molecule has 0 saturated heterocycles. The van der Waals surface area contributed by atoms with Crippen LogP contribution in [0.1, 0.15) is 25.7 Å². The van der Waals surface area contributed by atoms with Gasteiger partial charge in [0.1, 0.15) is 0 Å². The predicted octanol–water partition coefficient (Wildman–Crippen LogP) is -0.360. The summed E-state index contributed by atoms with van der Waals surface area (Å²) in [6.45, 7) is 1.21. The molecule has 8 nitrogen and oxygen atoms in total. The van der Waals surface area contributed by atoms with Crippen molar-refractivity contribution in [3.63, 3.8) is 0 Å². The normalized spacial score (nSPS) is 10.8. The number of amides is 4. The number of likely N-dealkylation sites (N-methyl/N-ethyl adjacent to an activating group) is 2. The number of unbranched alkanes of at least 4 members (excludes halogenated alkanes) is 3. The molecule has 0 unspecified atom stereocenters. The van der Waals surface area contributed by atoms with Crippen LogP contribution < -0.4 is 0 Å². The van der Waals surface area contributed by atoms with Crippen LogP contribution in [-0.2, 0) is 19.2 Å². The molecule has 8 heteroatoms. The summed E-state index contributed by atoms with van der Waals surface area (Å²) in [6.07, 6.45) is 4.22. The molecule has 0 bridgehead atoms. The Morgan fingerprint density at radius 2 is 1.00 bits per heavy atom. The van der Waals surface area contributed by atoms with Gasteiger partial charge < -0.3 is 9.80 Å². The van der Waals surface area contributed by atoms with Crippen molar-refractivity contribution < 1.29 is 19.2 Å². The van der Waals surface area contributed by atoms with Crippen molar-refractivity contribution in [2.45, 2.75) is 25.7 Å². The van der Waals surface area contributed by atoms with Crippen LogP contribution in [0.25, 0.3) is 0 Å². The van der Waals surface area contributed by atoms with Gasteiger partial charge in [0, 0.05) is 13.1 Å². The summed E-state index contributed by atoms with van der Waals surface area (Å²) >= 11 is 0. The topological polar surface area (TPSA) is 81.2 Å². The highest BCUT2D eigenvalue weighted by atomic mass is 16.2. The van der Waals surface area contributed by atoms with Crippen LogP contribution >= 0.6 is 0 Å². The first-order valence-electron chi connectivity index (χ1n) is 8.10. The molecule has 0 aromatic heterocycles. The van der Waals surface area contributed by atoms with Crippen LogP contribution in [-0.4, -0.2) is 98.6 Å². The van der Waals surface area contributed by atoms with E-state index in [1.54, 1.807) is 38.0 Å². The molecule has 0 aromatic rings. The van der Waals surface area contributed by atoms with E-state index >= 15 is 0 Å². The molecule has 0 saturated carbocycles. The lowest BCUT2D eigenvalue weighted by Crippen LogP contribution is -2.37. The molecule has 0 heterocycles. The molecule has 0 aliphatic heterocycles. The Morgan fingerprint density at radius 3 is 1.25 bits per heavy atom. The van der Waals surface area contributed by atoms with Crippen molar-refractivity contribution in [1.29, 1.82) is 0 Å². The van der Waals surface area contributed by atoms with E-state index in [1.165, 1.54) is 9.80 Å². The van der Waals surface area contributed by atoms with Crippen LogP contribution in [0, 0.1) is 0 Å². The van der Waals surface area contributed by atoms with E-state index in [4.69, 9.17) is 0 Å². The van der Waals surface area contributed by atoms with Crippen LogP contribution in [0.2, 0.25) is 0 Å². The minimum absolute atomic E-state index is 0.209. The van der Waals surface area contributed by atoms with E-state index in [1.807, 2.05) is 0 Å². The molecular formula is C16H30N4O4. The lowest BCUT2D eigenvalue weighted by Gasteiger charge is -2.19. The van der Waals surface area contributed by atoms with E-state index in [-0.39, 0.29) is 24.9 Å². The van der Waals surface area contributed by atoms with E-state index < -0.39 is 0 Å². The second-order valence-corrected chi connectivity index (χ2v) is 6.27. The Kier molecular flexibility index (Phi) is 11.7. The smallest absolute Gasteiger partial charge is 0.243 e. The van der Waals surface area contributed by atoms with Gasteiger partial charge in [-0.05, 0) is 41.0 Å². The monoisotopic (exact) mass is 342 g/mol. The Bertz CT molecular complexity index is 375. The SMILES string of the molecule is CN(C)CC(=O)N(C=O)CCCCCCN(C=O)C(=O)CN(C)C. The molecule has 0 rings (SSSR count). The first kappa shape index (κ1) is 22.2. The summed E-state index contributed by atoms with van der Waals surface area (Å²) in [5.74, 6) is -0.423. The molecule has 4 amide bonds. The van der Waals surface area contributed by atoms with E-state index in [2.05, 4.69) is 0 Å². The van der Waals surface area contributed by atoms with Crippen molar-refractivity contribution in [1.82, 2.24) is 19.6 Å². The zero-order chi connectivity index (χ0) is 18.5. The van der Waals surface area contributed by atoms with Crippen molar-refractivity contribution in [3.8, 4) is 0 Å². The molecule has 0 spiro atoms. The van der Waals surface area contributed by atoms with Gasteiger partial charge in [0.05, 0.1) is 13.1 Å². The predicted molar refractivity (Wildman–Crippen MR) is 91.1 cm³/mol. The summed E-state index contributed by atoms with van der Waals surface area (Å²) in [4.78, 5) is 51.2. The quantitative estimate of drug-likeness (QED) is 0.336. The van der Waals surface area contributed by atoms with Gasteiger partial charge in [0.2, 0.25) is 24.6 Å². The second kappa shape index (κ2) is 12.6. The lowest BCUT2D eigenvalue weighted by molar-refractivity contribution is -0.140. The highest BCUT2D eigenvalue weighted by Crippen LogP contribution is 2.03. The van der Waals surface area contributed by atoms with Crippen molar-refractivity contribution in [2.75, 3.05) is 54.4 Å². The number of imide groups is 2. The van der Waals surface area contributed by atoms with Crippen molar-refractivity contribution in [3.05, 3.63) is 0 Å². The fraction of sp³-hybridized carbons (Fsp3) is 0.750. The van der Waals surface area contributed by atoms with E-state index in [0.717, 1.165) is 12.8 Å². The zero-order valence-electron chi connectivity index (χ0n) is 15.2. The van der Waals surface area contributed by atoms with E-state index in [0.29, 0.717) is 38.8 Å². The van der Waals surface area contributed by atoms with Crippen LogP contribution in [0.15, 0.2) is 0 Å². The Balaban J connectivity index is 3.95. The Labute approximate surface area is 144 Å². The molecule has 0 N–H and O–H groups in total. The molecule has 138 valence electrons. The average molecular weight is 342 g/mol. The number of rotatable bonds is 13. The third-order valence-electron chi connectivity index (χ3n) is 3.35. The first-order valence-corrected chi connectivity index (χ1v) is 8.10. The van der Waals surface area contributed by atoms with Gasteiger partial charge in [0.15, 0.2) is 0 Å². The van der Waals surface area contributed by atoms with Gasteiger partial charge in [-0.2, -0.15) is 0 Å². The fourth-order valence-corrected chi connectivity index (χ4v) is 2.11. The maximum atomic E-state index is 11.8. The van der Waals surface area contributed by atoms with Gasteiger partial charge in [-0.15, -0.1) is 0 Å². The molecule has 0 radical (unpaired) electrons. The molecular weight excluding hydrogens is 312 g/mol. The molecule has 0 aromatic carbocycles. The Hall–Kier alpha value is -1.80. The Morgan fingerprint density at radius 1 is 0.667 bits per heavy atom. The molecule has 0 aliphatic rings. The molecule has 24 heavy (non-hydrogen) atoms. The highest BCUT2D eigenvalue weighted by molar-refractivity contribution is 5.88. The summed E-state index contributed by atoms with van der Waals surface area (Å²) < 4.78 is 0. The van der Waals surface area contributed by atoms with Gasteiger partial charge in [-0.25, -0.2) is 0 Å². The third-order valence-corrected chi connectivity index (χ3v) is 3.35. The van der Waals surface area contributed by atoms with Crippen molar-refractivity contribution >= 4 is 24.6 Å². The van der Waals surface area contributed by atoms with Gasteiger partial charge in [-0.3, -0.25) is 29.0 Å². The lowest BCUT2D eigenvalue weighted by atomic mass is 10.2. The maximum Gasteiger partial charge on any atom is 0.243 e. The van der Waals surface area contributed by atoms with Crippen LogP contribution in [0.5, 0.6) is 0 Å². The van der Waals surface area contributed by atoms with E-state index in [9.17, 15) is 19.2 Å².